The highest BCUT2D eigenvalue weighted by atomic mass is 32.2. The van der Waals surface area contributed by atoms with Crippen LogP contribution in [0.2, 0.25) is 0 Å². The third-order valence-corrected chi connectivity index (χ3v) is 10.7. The van der Waals surface area contributed by atoms with Crippen LogP contribution in [0.5, 0.6) is 0 Å². The van der Waals surface area contributed by atoms with Gasteiger partial charge in [0.05, 0.1) is 35.7 Å². The molecule has 0 saturated carbocycles. The lowest BCUT2D eigenvalue weighted by Crippen LogP contribution is -2.55. The standard InChI is InChI=1S/C33H63NO8S/c1-22(36)15-31(10,11)34-26(39)25(16-28(2,3)4)32(12,13)30(8,9)21-33(14,29(5,6)7)27(40)42-18-24(38)20-43(41)19-23(37)17-35/h23-25,35,37-38H,15-21H2,1-14H3,(H,34,39). The first-order valence-electron chi connectivity index (χ1n) is 15.3. The predicted molar refractivity (Wildman–Crippen MR) is 173 cm³/mol. The summed E-state index contributed by atoms with van der Waals surface area (Å²) in [5.74, 6) is -1.43. The summed E-state index contributed by atoms with van der Waals surface area (Å²) in [6.07, 6.45) is -1.14. The molecular weight excluding hydrogens is 570 g/mol. The number of rotatable bonds is 17. The van der Waals surface area contributed by atoms with E-state index < -0.39 is 68.7 Å². The van der Waals surface area contributed by atoms with Crippen molar-refractivity contribution in [3.05, 3.63) is 0 Å². The van der Waals surface area contributed by atoms with Gasteiger partial charge < -0.3 is 25.4 Å². The summed E-state index contributed by atoms with van der Waals surface area (Å²) in [6.45, 7) is 26.6. The summed E-state index contributed by atoms with van der Waals surface area (Å²) in [6, 6.07) is 0. The number of esters is 1. The molecule has 0 aromatic heterocycles. The van der Waals surface area contributed by atoms with Gasteiger partial charge in [-0.05, 0) is 62.2 Å². The Balaban J connectivity index is 6.23. The van der Waals surface area contributed by atoms with Crippen molar-refractivity contribution in [2.45, 2.75) is 134 Å². The zero-order chi connectivity index (χ0) is 34.4. The Morgan fingerprint density at radius 3 is 1.74 bits per heavy atom. The normalized spacial score (nSPS) is 17.8. The summed E-state index contributed by atoms with van der Waals surface area (Å²) in [5.41, 5.74) is -3.61. The maximum Gasteiger partial charge on any atom is 0.312 e. The number of aliphatic hydroxyl groups is 3. The average molecular weight is 634 g/mol. The molecule has 0 bridgehead atoms. The van der Waals surface area contributed by atoms with Gasteiger partial charge in [0.2, 0.25) is 5.91 Å². The fraction of sp³-hybridized carbons (Fsp3) is 0.909. The van der Waals surface area contributed by atoms with Crippen LogP contribution in [0, 0.1) is 33.0 Å². The summed E-state index contributed by atoms with van der Waals surface area (Å²) in [5, 5.41) is 32.0. The quantitative estimate of drug-likeness (QED) is 0.172. The molecule has 9 nitrogen and oxygen atoms in total. The molecule has 0 aliphatic rings. The number of ketones is 1. The van der Waals surface area contributed by atoms with Gasteiger partial charge >= 0.3 is 5.97 Å². The summed E-state index contributed by atoms with van der Waals surface area (Å²) in [4.78, 5) is 39.6. The first-order chi connectivity index (χ1) is 19.0. The number of aliphatic hydroxyl groups excluding tert-OH is 3. The van der Waals surface area contributed by atoms with Gasteiger partial charge in [-0.1, -0.05) is 69.2 Å². The zero-order valence-electron chi connectivity index (χ0n) is 29.5. The minimum atomic E-state index is -1.60. The highest BCUT2D eigenvalue weighted by molar-refractivity contribution is 7.85. The molecule has 43 heavy (non-hydrogen) atoms. The number of Topliss-reactive ketones (excluding diaryl/α,β-unsaturated/α-hetero) is 1. The van der Waals surface area contributed by atoms with E-state index >= 15 is 0 Å². The van der Waals surface area contributed by atoms with E-state index in [0.717, 1.165) is 0 Å². The van der Waals surface area contributed by atoms with E-state index in [9.17, 15) is 28.8 Å². The van der Waals surface area contributed by atoms with E-state index in [1.807, 2.05) is 41.5 Å². The van der Waals surface area contributed by atoms with E-state index in [1.165, 1.54) is 6.92 Å². The Hall–Kier alpha value is -1.36. The van der Waals surface area contributed by atoms with Crippen molar-refractivity contribution >= 4 is 28.5 Å². The molecule has 10 heteroatoms. The van der Waals surface area contributed by atoms with Crippen LogP contribution in [0.15, 0.2) is 0 Å². The minimum absolute atomic E-state index is 0.00386. The Labute approximate surface area is 263 Å². The lowest BCUT2D eigenvalue weighted by molar-refractivity contribution is -0.171. The molecule has 0 aliphatic carbocycles. The molecule has 0 spiro atoms. The van der Waals surface area contributed by atoms with E-state index in [4.69, 9.17) is 9.84 Å². The Morgan fingerprint density at radius 1 is 0.837 bits per heavy atom. The predicted octanol–water partition coefficient (Wildman–Crippen LogP) is 4.41. The second kappa shape index (κ2) is 15.3. The molecule has 0 rings (SSSR count). The molecule has 0 aromatic carbocycles. The van der Waals surface area contributed by atoms with Crippen molar-refractivity contribution in [1.29, 1.82) is 0 Å². The van der Waals surface area contributed by atoms with Crippen molar-refractivity contribution in [3.8, 4) is 0 Å². The topological polar surface area (TPSA) is 150 Å². The third-order valence-electron chi connectivity index (χ3n) is 9.18. The van der Waals surface area contributed by atoms with Crippen LogP contribution in [-0.4, -0.2) is 79.7 Å². The van der Waals surface area contributed by atoms with E-state index in [-0.39, 0.29) is 41.6 Å². The van der Waals surface area contributed by atoms with Gasteiger partial charge in [-0.15, -0.1) is 0 Å². The fourth-order valence-electron chi connectivity index (χ4n) is 5.53. The van der Waals surface area contributed by atoms with Crippen LogP contribution in [0.25, 0.3) is 0 Å². The van der Waals surface area contributed by atoms with E-state index in [1.54, 1.807) is 0 Å². The number of ether oxygens (including phenoxy) is 1. The van der Waals surface area contributed by atoms with Crippen LogP contribution >= 0.6 is 0 Å². The maximum atomic E-state index is 14.0. The largest absolute Gasteiger partial charge is 0.462 e. The summed E-state index contributed by atoms with van der Waals surface area (Å²) >= 11 is 0. The molecule has 254 valence electrons. The molecule has 5 unspecified atom stereocenters. The Morgan fingerprint density at radius 2 is 1.33 bits per heavy atom. The highest BCUT2D eigenvalue weighted by Gasteiger charge is 2.55. The van der Waals surface area contributed by atoms with E-state index in [2.05, 4.69) is 53.8 Å². The molecule has 0 saturated heterocycles. The average Bonchev–Trinajstić information content (AvgIpc) is 2.77. The van der Waals surface area contributed by atoms with Crippen molar-refractivity contribution < 1.29 is 38.6 Å². The van der Waals surface area contributed by atoms with Gasteiger partial charge in [-0.2, -0.15) is 0 Å². The third kappa shape index (κ3) is 12.9. The molecule has 0 aliphatic heterocycles. The minimum Gasteiger partial charge on any atom is -0.462 e. The summed E-state index contributed by atoms with van der Waals surface area (Å²) in [7, 11) is -1.60. The first-order valence-corrected chi connectivity index (χ1v) is 16.8. The number of nitrogens with one attached hydrogen (secondary N) is 1. The monoisotopic (exact) mass is 633 g/mol. The lowest BCUT2D eigenvalue weighted by atomic mass is 9.51. The smallest absolute Gasteiger partial charge is 0.312 e. The number of carbonyl (C=O) groups is 3. The summed E-state index contributed by atoms with van der Waals surface area (Å²) < 4.78 is 17.8. The molecule has 0 radical (unpaired) electrons. The van der Waals surface area contributed by atoms with Crippen molar-refractivity contribution in [2.24, 2.45) is 33.0 Å². The fourth-order valence-corrected chi connectivity index (χ4v) is 6.73. The van der Waals surface area contributed by atoms with Gasteiger partial charge in [0, 0.05) is 28.7 Å². The van der Waals surface area contributed by atoms with Crippen LogP contribution in [0.4, 0.5) is 0 Å². The molecule has 0 aromatic rings. The molecule has 0 fully saturated rings. The van der Waals surface area contributed by atoms with Gasteiger partial charge in [0.25, 0.3) is 0 Å². The zero-order valence-corrected chi connectivity index (χ0v) is 30.3. The molecule has 0 heterocycles. The molecular formula is C33H63NO8S. The van der Waals surface area contributed by atoms with Crippen LogP contribution in [-0.2, 0) is 29.9 Å². The number of amides is 1. The number of hydrogen-bond acceptors (Lipinski definition) is 8. The second-order valence-corrected chi connectivity index (χ2v) is 18.3. The van der Waals surface area contributed by atoms with Gasteiger partial charge in [0.15, 0.2) is 0 Å². The molecule has 1 amide bonds. The lowest BCUT2D eigenvalue weighted by Gasteiger charge is -2.53. The van der Waals surface area contributed by atoms with Gasteiger partial charge in [0.1, 0.15) is 12.4 Å². The second-order valence-electron chi connectivity index (χ2n) is 16.8. The van der Waals surface area contributed by atoms with Crippen molar-refractivity contribution in [2.75, 3.05) is 24.7 Å². The van der Waals surface area contributed by atoms with Crippen LogP contribution in [0.3, 0.4) is 0 Å². The van der Waals surface area contributed by atoms with Crippen LogP contribution in [0.1, 0.15) is 116 Å². The molecule has 4 N–H and O–H groups in total. The Bertz CT molecular complexity index is 976. The number of hydrogen-bond donors (Lipinski definition) is 4. The Kier molecular flexibility index (Phi) is 14.8. The maximum absolute atomic E-state index is 14.0. The van der Waals surface area contributed by atoms with Crippen molar-refractivity contribution in [1.82, 2.24) is 5.32 Å². The van der Waals surface area contributed by atoms with Gasteiger partial charge in [-0.25, -0.2) is 0 Å². The number of carbonyl (C=O) groups excluding carboxylic acids is 3. The van der Waals surface area contributed by atoms with Crippen molar-refractivity contribution in [3.63, 3.8) is 0 Å². The SMILES string of the molecule is CC(=O)CC(C)(C)NC(=O)C(CC(C)(C)C)C(C)(C)C(C)(C)CC(C)(C(=O)OCC(O)CS(=O)CC(O)CO)C(C)(C)C. The molecule has 5 atom stereocenters. The van der Waals surface area contributed by atoms with Gasteiger partial charge in [-0.3, -0.25) is 18.6 Å². The van der Waals surface area contributed by atoms with Crippen LogP contribution < -0.4 is 5.32 Å². The van der Waals surface area contributed by atoms with E-state index in [0.29, 0.717) is 12.8 Å². The highest BCUT2D eigenvalue weighted by Crippen LogP contribution is 2.57. The first kappa shape index (κ1) is 41.6.